The number of hydrogen-bond donors (Lipinski definition) is 0. The normalized spacial score (nSPS) is 16.7. The molecule has 0 amide bonds. The first-order chi connectivity index (χ1) is 33.2. The Morgan fingerprint density at radius 2 is 0.922 bits per heavy atom. The molecule has 1 heterocycles. The van der Waals surface area contributed by atoms with Crippen LogP contribution in [0.4, 0.5) is 0 Å². The molecule has 0 saturated heterocycles. The van der Waals surface area contributed by atoms with E-state index in [0.717, 1.165) is 0 Å². The summed E-state index contributed by atoms with van der Waals surface area (Å²) in [6.07, 6.45) is 0. The van der Waals surface area contributed by atoms with Gasteiger partial charge in [0.15, 0.2) is 0 Å². The molecule has 0 aliphatic carbocycles. The van der Waals surface area contributed by atoms with Crippen molar-refractivity contribution < 1.29 is 30.5 Å². The monoisotopic (exact) mass is 667 g/mol. The molecule has 1 nitrogen and oxygen atoms in total. The van der Waals surface area contributed by atoms with E-state index in [0.29, 0.717) is 16.3 Å². The van der Waals surface area contributed by atoms with E-state index in [9.17, 15) is 8.22 Å². The van der Waals surface area contributed by atoms with E-state index in [4.69, 9.17) is 22.2 Å². The third-order valence-electron chi connectivity index (χ3n) is 8.88. The van der Waals surface area contributed by atoms with E-state index in [2.05, 4.69) is 0 Å². The lowest BCUT2D eigenvalue weighted by Gasteiger charge is -2.19. The van der Waals surface area contributed by atoms with Gasteiger partial charge in [-0.1, -0.05) is 169 Å². The van der Waals surface area contributed by atoms with Crippen molar-refractivity contribution in [3.8, 4) is 55.6 Å². The van der Waals surface area contributed by atoms with Gasteiger partial charge < -0.3 is 4.42 Å². The minimum atomic E-state index is -0.820. The van der Waals surface area contributed by atoms with Crippen LogP contribution in [-0.4, -0.2) is 0 Å². The van der Waals surface area contributed by atoms with E-state index < -0.39 is 119 Å². The standard InChI is InChI=1S/C50H32O/c1-4-15-33(16-5-1)36-27-30-43-47(32-36)51-46-26-14-25-44(50(43)46)49-41-23-12-10-21-39(41)48(40-22-11-13-24-42(40)49)37-28-29-38(34-17-6-2-7-18-34)45(31-37)35-19-8-3-9-20-35/h1-32H/i2D,3D,6D,7D,8D,9D,14D,17D,18D,19D,20D,25D,26D,27D,28D,29D,30D,31D,32D. The number of hydrogen-bond acceptors (Lipinski definition) is 1. The smallest absolute Gasteiger partial charge is 0.136 e. The molecule has 1 heteroatoms. The first-order valence-corrected chi connectivity index (χ1v) is 16.0. The summed E-state index contributed by atoms with van der Waals surface area (Å²) in [5.74, 6) is 0. The topological polar surface area (TPSA) is 13.1 Å². The Morgan fingerprint density at radius 1 is 0.333 bits per heavy atom. The molecule has 0 atom stereocenters. The molecule has 0 spiro atoms. The fraction of sp³-hybridized carbons (Fsp3) is 0. The lowest BCUT2D eigenvalue weighted by molar-refractivity contribution is 0.669. The zero-order valence-corrected chi connectivity index (χ0v) is 26.4. The van der Waals surface area contributed by atoms with Crippen LogP contribution in [-0.2, 0) is 0 Å². The van der Waals surface area contributed by atoms with Crippen LogP contribution in [0.2, 0.25) is 0 Å². The molecule has 9 aromatic carbocycles. The second-order valence-corrected chi connectivity index (χ2v) is 11.7. The highest BCUT2D eigenvalue weighted by atomic mass is 16.3. The van der Waals surface area contributed by atoms with Gasteiger partial charge in [0.25, 0.3) is 0 Å². The Hall–Kier alpha value is -6.70. The quantitative estimate of drug-likeness (QED) is 0.167. The molecule has 0 aliphatic rings. The average Bonchev–Trinajstić information content (AvgIpc) is 3.76. The van der Waals surface area contributed by atoms with Crippen molar-refractivity contribution in [2.45, 2.75) is 0 Å². The second kappa shape index (κ2) is 12.0. The largest absolute Gasteiger partial charge is 0.456 e. The molecular weight excluding hydrogens is 617 g/mol. The predicted octanol–water partition coefficient (Wildman–Crippen LogP) is 14.2. The third kappa shape index (κ3) is 4.86. The van der Waals surface area contributed by atoms with Gasteiger partial charge in [0, 0.05) is 10.8 Å². The molecule has 51 heavy (non-hydrogen) atoms. The Balaban J connectivity index is 1.40. The van der Waals surface area contributed by atoms with Gasteiger partial charge in [-0.15, -0.1) is 0 Å². The van der Waals surface area contributed by atoms with E-state index in [1.54, 1.807) is 78.9 Å². The van der Waals surface area contributed by atoms with Crippen LogP contribution in [0.1, 0.15) is 26.0 Å². The zero-order valence-electron chi connectivity index (χ0n) is 45.4. The number of furan rings is 1. The van der Waals surface area contributed by atoms with E-state index in [1.165, 1.54) is 0 Å². The molecule has 0 unspecified atom stereocenters. The molecule has 238 valence electrons. The molecular formula is C50H32O. The number of rotatable bonds is 5. The Kier molecular flexibility index (Phi) is 3.74. The van der Waals surface area contributed by atoms with Crippen LogP contribution in [0.5, 0.6) is 0 Å². The zero-order chi connectivity index (χ0) is 50.3. The Labute approximate surface area is 323 Å². The van der Waals surface area contributed by atoms with Gasteiger partial charge in [0.1, 0.15) is 11.2 Å². The summed E-state index contributed by atoms with van der Waals surface area (Å²) in [5.41, 5.74) is -2.06. The van der Waals surface area contributed by atoms with Crippen LogP contribution in [0.15, 0.2) is 198 Å². The van der Waals surface area contributed by atoms with Gasteiger partial charge in [-0.25, -0.2) is 0 Å². The summed E-state index contributed by atoms with van der Waals surface area (Å²) in [4.78, 5) is 0. The van der Waals surface area contributed by atoms with Crippen molar-refractivity contribution in [1.29, 1.82) is 0 Å². The van der Waals surface area contributed by atoms with Gasteiger partial charge in [0.2, 0.25) is 0 Å². The fourth-order valence-electron chi connectivity index (χ4n) is 6.71. The lowest BCUT2D eigenvalue weighted by Crippen LogP contribution is -1.93. The Bertz CT molecular complexity index is 3880. The summed E-state index contributed by atoms with van der Waals surface area (Å²) < 4.78 is 178. The van der Waals surface area contributed by atoms with Crippen molar-refractivity contribution >= 4 is 43.5 Å². The van der Waals surface area contributed by atoms with Crippen molar-refractivity contribution in [3.63, 3.8) is 0 Å². The maximum atomic E-state index is 10.1. The lowest BCUT2D eigenvalue weighted by atomic mass is 9.83. The van der Waals surface area contributed by atoms with Crippen LogP contribution in [0, 0.1) is 0 Å². The van der Waals surface area contributed by atoms with E-state index >= 15 is 0 Å². The fourth-order valence-corrected chi connectivity index (χ4v) is 6.71. The molecule has 10 aromatic rings. The van der Waals surface area contributed by atoms with Crippen LogP contribution in [0.3, 0.4) is 0 Å². The van der Waals surface area contributed by atoms with Crippen LogP contribution in [0.25, 0.3) is 99.1 Å². The van der Waals surface area contributed by atoms with E-state index in [-0.39, 0.29) is 78.7 Å². The van der Waals surface area contributed by atoms with Crippen LogP contribution < -0.4 is 0 Å². The summed E-state index contributed by atoms with van der Waals surface area (Å²) in [6.45, 7) is 0. The number of benzene rings is 9. The van der Waals surface area contributed by atoms with Gasteiger partial charge in [-0.2, -0.15) is 0 Å². The Morgan fingerprint density at radius 3 is 1.59 bits per heavy atom. The highest BCUT2D eigenvalue weighted by Gasteiger charge is 2.21. The SMILES string of the molecule is [2H]c1c([2H])c([2H])c(-c2c([2H])c([2H])c(-c3c4ccccc4c(-c4c([2H])c([2H])c([2H])c5oc6c([2H])c(-c7ccccc7)c([2H])c([2H])c6c45)c4ccccc34)c([2H])c2-c2c([2H])c([2H])c([2H])c([2H])c2[2H])c([2H])c1[2H]. The van der Waals surface area contributed by atoms with E-state index in [1.807, 2.05) is 0 Å². The molecule has 0 saturated carbocycles. The molecule has 10 rings (SSSR count). The molecule has 0 bridgehead atoms. The highest BCUT2D eigenvalue weighted by Crippen LogP contribution is 2.48. The third-order valence-corrected chi connectivity index (χ3v) is 8.88. The first-order valence-electron chi connectivity index (χ1n) is 25.5. The minimum Gasteiger partial charge on any atom is -0.456 e. The van der Waals surface area contributed by atoms with Crippen molar-refractivity contribution in [3.05, 3.63) is 194 Å². The predicted molar refractivity (Wildman–Crippen MR) is 216 cm³/mol. The molecule has 0 aliphatic heterocycles. The highest BCUT2D eigenvalue weighted by molar-refractivity contribution is 6.25. The average molecular weight is 668 g/mol. The summed E-state index contributed by atoms with van der Waals surface area (Å²) in [7, 11) is 0. The van der Waals surface area contributed by atoms with Gasteiger partial charge in [0.05, 0.1) is 26.0 Å². The first kappa shape index (κ1) is 15.9. The van der Waals surface area contributed by atoms with Crippen molar-refractivity contribution in [1.82, 2.24) is 0 Å². The molecule has 0 fully saturated rings. The maximum absolute atomic E-state index is 10.1. The molecule has 0 radical (unpaired) electrons. The molecule has 0 N–H and O–H groups in total. The second-order valence-electron chi connectivity index (χ2n) is 11.7. The maximum Gasteiger partial charge on any atom is 0.136 e. The van der Waals surface area contributed by atoms with Crippen LogP contribution >= 0.6 is 0 Å². The molecule has 1 aromatic heterocycles. The van der Waals surface area contributed by atoms with Gasteiger partial charge >= 0.3 is 0 Å². The summed E-state index contributed by atoms with van der Waals surface area (Å²) in [5, 5.41) is 1.20. The summed E-state index contributed by atoms with van der Waals surface area (Å²) in [6, 6.07) is 9.21. The minimum absolute atomic E-state index is 0.0168. The number of fused-ring (bicyclic) bond motifs is 5. The van der Waals surface area contributed by atoms with Crippen molar-refractivity contribution in [2.75, 3.05) is 0 Å². The van der Waals surface area contributed by atoms with Gasteiger partial charge in [-0.05, 0) is 101 Å². The van der Waals surface area contributed by atoms with Gasteiger partial charge in [-0.3, -0.25) is 0 Å². The summed E-state index contributed by atoms with van der Waals surface area (Å²) >= 11 is 0. The van der Waals surface area contributed by atoms with Crippen molar-refractivity contribution in [2.24, 2.45) is 0 Å².